The highest BCUT2D eigenvalue weighted by atomic mass is 79.9. The quantitative estimate of drug-likeness (QED) is 0.592. The first-order chi connectivity index (χ1) is 13.2. The Hall–Kier alpha value is -2.53. The average molecular weight is 426 g/mol. The van der Waals surface area contributed by atoms with Crippen molar-refractivity contribution >= 4 is 21.8 Å². The minimum absolute atomic E-state index is 0.0347. The monoisotopic (exact) mass is 425 g/mol. The largest absolute Gasteiger partial charge is 0.484 e. The number of benzene rings is 2. The molecule has 0 radical (unpaired) electrons. The van der Waals surface area contributed by atoms with E-state index in [9.17, 15) is 4.79 Å². The molecule has 138 valence electrons. The maximum absolute atomic E-state index is 12.6. The van der Waals surface area contributed by atoms with Gasteiger partial charge in [0.05, 0.1) is 10.5 Å². The number of carbonyl (C=O) groups excluding carboxylic acids is 1. The number of rotatable bonds is 5. The number of para-hydroxylation sites is 1. The van der Waals surface area contributed by atoms with Crippen LogP contribution in [0.25, 0.3) is 0 Å². The van der Waals surface area contributed by atoms with E-state index in [0.29, 0.717) is 11.5 Å². The molecule has 1 amide bonds. The van der Waals surface area contributed by atoms with Crippen LogP contribution in [0.5, 0.6) is 5.75 Å². The summed E-state index contributed by atoms with van der Waals surface area (Å²) in [6, 6.07) is 19.4. The van der Waals surface area contributed by atoms with Gasteiger partial charge in [0.25, 0.3) is 5.91 Å². The average Bonchev–Trinajstić information content (AvgIpc) is 3.17. The number of furan rings is 1. The molecule has 0 fully saturated rings. The van der Waals surface area contributed by atoms with E-state index in [1.54, 1.807) is 12.1 Å². The summed E-state index contributed by atoms with van der Waals surface area (Å²) in [5.74, 6) is 1.46. The van der Waals surface area contributed by atoms with Gasteiger partial charge in [0.2, 0.25) is 0 Å². The van der Waals surface area contributed by atoms with Crippen molar-refractivity contribution in [1.29, 1.82) is 0 Å². The fourth-order valence-electron chi connectivity index (χ4n) is 3.42. The van der Waals surface area contributed by atoms with Gasteiger partial charge in [0.1, 0.15) is 18.1 Å². The Morgan fingerprint density at radius 3 is 2.81 bits per heavy atom. The normalized spacial score (nSPS) is 15.8. The van der Waals surface area contributed by atoms with Crippen LogP contribution in [-0.2, 0) is 13.0 Å². The van der Waals surface area contributed by atoms with Gasteiger partial charge in [0.15, 0.2) is 5.76 Å². The predicted molar refractivity (Wildman–Crippen MR) is 107 cm³/mol. The molecule has 27 heavy (non-hydrogen) atoms. The summed E-state index contributed by atoms with van der Waals surface area (Å²) < 4.78 is 12.3. The number of aryl methyl sites for hydroxylation is 1. The van der Waals surface area contributed by atoms with Crippen LogP contribution in [-0.4, -0.2) is 5.91 Å². The molecule has 0 saturated carbocycles. The first-order valence-electron chi connectivity index (χ1n) is 9.05. The van der Waals surface area contributed by atoms with Crippen LogP contribution in [0, 0.1) is 0 Å². The molecule has 2 aromatic carbocycles. The molecule has 1 unspecified atom stereocenters. The molecular weight excluding hydrogens is 406 g/mol. The first-order valence-corrected chi connectivity index (χ1v) is 9.85. The molecule has 1 atom stereocenters. The van der Waals surface area contributed by atoms with E-state index in [4.69, 9.17) is 9.15 Å². The molecule has 0 saturated heterocycles. The zero-order valence-corrected chi connectivity index (χ0v) is 16.4. The van der Waals surface area contributed by atoms with E-state index < -0.39 is 0 Å². The zero-order valence-electron chi connectivity index (χ0n) is 14.8. The second kappa shape index (κ2) is 8.01. The van der Waals surface area contributed by atoms with Gasteiger partial charge in [-0.3, -0.25) is 4.79 Å². The Morgan fingerprint density at radius 2 is 1.93 bits per heavy atom. The topological polar surface area (TPSA) is 51.5 Å². The lowest BCUT2D eigenvalue weighted by atomic mass is 9.88. The summed E-state index contributed by atoms with van der Waals surface area (Å²) in [6.07, 6.45) is 3.09. The summed E-state index contributed by atoms with van der Waals surface area (Å²) in [6.45, 7) is 0.266. The van der Waals surface area contributed by atoms with Gasteiger partial charge in [0, 0.05) is 0 Å². The fourth-order valence-corrected chi connectivity index (χ4v) is 3.82. The number of amides is 1. The number of carbonyl (C=O) groups is 1. The Morgan fingerprint density at radius 1 is 1.11 bits per heavy atom. The second-order valence-corrected chi connectivity index (χ2v) is 7.46. The predicted octanol–water partition coefficient (Wildman–Crippen LogP) is 5.43. The van der Waals surface area contributed by atoms with Crippen molar-refractivity contribution in [2.24, 2.45) is 0 Å². The molecule has 0 bridgehead atoms. The lowest BCUT2D eigenvalue weighted by molar-refractivity contribution is 0.0900. The molecule has 0 spiro atoms. The van der Waals surface area contributed by atoms with E-state index in [-0.39, 0.29) is 18.6 Å². The standard InChI is InChI=1S/C22H20BrNO3/c23-18-9-3-4-11-20(18)26-14-16-12-13-21(27-16)22(25)24-19-10-5-7-15-6-1-2-8-17(15)19/h1-4,6,8-9,11-13,19H,5,7,10,14H2,(H,24,25). The highest BCUT2D eigenvalue weighted by Gasteiger charge is 2.23. The maximum Gasteiger partial charge on any atom is 0.287 e. The van der Waals surface area contributed by atoms with Crippen molar-refractivity contribution in [3.8, 4) is 5.75 Å². The van der Waals surface area contributed by atoms with Gasteiger partial charge >= 0.3 is 0 Å². The summed E-state index contributed by atoms with van der Waals surface area (Å²) in [5, 5.41) is 3.11. The summed E-state index contributed by atoms with van der Waals surface area (Å²) in [4.78, 5) is 12.6. The maximum atomic E-state index is 12.6. The van der Waals surface area contributed by atoms with Crippen LogP contribution >= 0.6 is 15.9 Å². The summed E-state index contributed by atoms with van der Waals surface area (Å²) in [5.41, 5.74) is 2.53. The van der Waals surface area contributed by atoms with Crippen molar-refractivity contribution in [2.75, 3.05) is 0 Å². The van der Waals surface area contributed by atoms with E-state index in [0.717, 1.165) is 29.5 Å². The number of hydrogen-bond acceptors (Lipinski definition) is 3. The van der Waals surface area contributed by atoms with Gasteiger partial charge in [-0.25, -0.2) is 0 Å². The molecule has 0 aliphatic heterocycles. The molecule has 1 aromatic heterocycles. The third-order valence-corrected chi connectivity index (χ3v) is 5.42. The van der Waals surface area contributed by atoms with Crippen LogP contribution in [0.3, 0.4) is 0 Å². The van der Waals surface area contributed by atoms with E-state index >= 15 is 0 Å². The molecule has 1 N–H and O–H groups in total. The van der Waals surface area contributed by atoms with Crippen molar-refractivity contribution in [2.45, 2.75) is 31.9 Å². The number of hydrogen-bond donors (Lipinski definition) is 1. The SMILES string of the molecule is O=C(NC1CCCc2ccccc21)c1ccc(COc2ccccc2Br)o1. The summed E-state index contributed by atoms with van der Waals surface area (Å²) in [7, 11) is 0. The minimum atomic E-state index is -0.191. The van der Waals surface area contributed by atoms with Crippen molar-refractivity contribution in [1.82, 2.24) is 5.32 Å². The lowest BCUT2D eigenvalue weighted by Crippen LogP contribution is -2.30. The molecule has 1 aliphatic carbocycles. The van der Waals surface area contributed by atoms with Crippen LogP contribution in [0.2, 0.25) is 0 Å². The third kappa shape index (κ3) is 4.08. The van der Waals surface area contributed by atoms with Crippen molar-refractivity contribution in [3.63, 3.8) is 0 Å². The Labute approximate surface area is 166 Å². The van der Waals surface area contributed by atoms with Gasteiger partial charge in [-0.05, 0) is 70.6 Å². The highest BCUT2D eigenvalue weighted by Crippen LogP contribution is 2.30. The van der Waals surface area contributed by atoms with Gasteiger partial charge in [-0.15, -0.1) is 0 Å². The van der Waals surface area contributed by atoms with E-state index in [2.05, 4.69) is 33.4 Å². The Bertz CT molecular complexity index is 950. The number of ether oxygens (including phenoxy) is 1. The third-order valence-electron chi connectivity index (χ3n) is 4.77. The molecule has 1 aliphatic rings. The molecule has 1 heterocycles. The molecule has 4 rings (SSSR count). The molecular formula is C22H20BrNO3. The van der Waals surface area contributed by atoms with Gasteiger partial charge in [-0.2, -0.15) is 0 Å². The first kappa shape index (κ1) is 17.9. The zero-order chi connectivity index (χ0) is 18.6. The second-order valence-electron chi connectivity index (χ2n) is 6.60. The van der Waals surface area contributed by atoms with Crippen LogP contribution in [0.15, 0.2) is 69.6 Å². The van der Waals surface area contributed by atoms with Crippen molar-refractivity contribution < 1.29 is 13.9 Å². The van der Waals surface area contributed by atoms with Crippen molar-refractivity contribution in [3.05, 3.63) is 87.8 Å². The lowest BCUT2D eigenvalue weighted by Gasteiger charge is -2.25. The minimum Gasteiger partial charge on any atom is -0.484 e. The van der Waals surface area contributed by atoms with E-state index in [1.807, 2.05) is 36.4 Å². The van der Waals surface area contributed by atoms with E-state index in [1.165, 1.54) is 11.1 Å². The number of nitrogens with one attached hydrogen (secondary N) is 1. The number of fused-ring (bicyclic) bond motifs is 1. The van der Waals surface area contributed by atoms with Crippen LogP contribution in [0.1, 0.15) is 46.3 Å². The van der Waals surface area contributed by atoms with Gasteiger partial charge < -0.3 is 14.5 Å². The highest BCUT2D eigenvalue weighted by molar-refractivity contribution is 9.10. The molecule has 4 nitrogen and oxygen atoms in total. The smallest absolute Gasteiger partial charge is 0.287 e. The molecule has 3 aromatic rings. The summed E-state index contributed by atoms with van der Waals surface area (Å²) >= 11 is 3.45. The Balaban J connectivity index is 1.40. The molecule has 5 heteroatoms. The van der Waals surface area contributed by atoms with Crippen LogP contribution < -0.4 is 10.1 Å². The van der Waals surface area contributed by atoms with Gasteiger partial charge in [-0.1, -0.05) is 36.4 Å². The fraction of sp³-hybridized carbons (Fsp3) is 0.227. The van der Waals surface area contributed by atoms with Crippen LogP contribution in [0.4, 0.5) is 0 Å². The Kier molecular flexibility index (Phi) is 5.30. The number of halogens is 1.